The highest BCUT2D eigenvalue weighted by atomic mass is 35.5. The van der Waals surface area contributed by atoms with Crippen LogP contribution in [0, 0.1) is 0 Å². The molecule has 1 atom stereocenters. The van der Waals surface area contributed by atoms with Crippen molar-refractivity contribution in [3.05, 3.63) is 23.8 Å². The number of ether oxygens (including phenoxy) is 2. The van der Waals surface area contributed by atoms with Crippen LogP contribution in [0.25, 0.3) is 0 Å². The summed E-state index contributed by atoms with van der Waals surface area (Å²) in [7, 11) is 0. The van der Waals surface area contributed by atoms with Gasteiger partial charge in [0, 0.05) is 6.54 Å². The predicted octanol–water partition coefficient (Wildman–Crippen LogP) is 1.87. The molecule has 2 N–H and O–H groups in total. The lowest BCUT2D eigenvalue weighted by atomic mass is 10.1. The molecule has 0 bridgehead atoms. The average molecular weight is 260 g/mol. The van der Waals surface area contributed by atoms with Crippen LogP contribution in [-0.2, 0) is 4.74 Å². The molecule has 0 amide bonds. The summed E-state index contributed by atoms with van der Waals surface area (Å²) in [6.07, 6.45) is 0. The van der Waals surface area contributed by atoms with Crippen molar-refractivity contribution in [2.24, 2.45) is 0 Å². The highest BCUT2D eigenvalue weighted by Gasteiger charge is 2.16. The molecule has 1 fully saturated rings. The summed E-state index contributed by atoms with van der Waals surface area (Å²) in [5.41, 5.74) is 1.08. The van der Waals surface area contributed by atoms with Gasteiger partial charge in [-0.2, -0.15) is 0 Å². The van der Waals surface area contributed by atoms with Gasteiger partial charge in [0.15, 0.2) is 11.5 Å². The molecule has 0 aromatic heterocycles. The fraction of sp³-hybridized carbons (Fsp3) is 0.500. The molecular formula is C12H18ClNO3. The summed E-state index contributed by atoms with van der Waals surface area (Å²) in [6.45, 7) is 4.72. The Balaban J connectivity index is 0.00000144. The first-order valence-corrected chi connectivity index (χ1v) is 5.58. The molecule has 96 valence electrons. The van der Waals surface area contributed by atoms with Crippen molar-refractivity contribution in [1.82, 2.24) is 5.32 Å². The lowest BCUT2D eigenvalue weighted by Gasteiger charge is -2.24. The van der Waals surface area contributed by atoms with E-state index in [1.807, 2.05) is 19.1 Å². The third-order valence-corrected chi connectivity index (χ3v) is 2.61. The maximum Gasteiger partial charge on any atom is 0.161 e. The van der Waals surface area contributed by atoms with Gasteiger partial charge in [0.05, 0.1) is 25.9 Å². The molecular weight excluding hydrogens is 242 g/mol. The summed E-state index contributed by atoms with van der Waals surface area (Å²) < 4.78 is 10.8. The third kappa shape index (κ3) is 3.49. The van der Waals surface area contributed by atoms with Crippen molar-refractivity contribution in [1.29, 1.82) is 0 Å². The fourth-order valence-electron chi connectivity index (χ4n) is 1.80. The molecule has 1 aromatic carbocycles. The van der Waals surface area contributed by atoms with Crippen LogP contribution in [0.4, 0.5) is 0 Å². The normalized spacial score (nSPS) is 19.5. The quantitative estimate of drug-likeness (QED) is 0.870. The summed E-state index contributed by atoms with van der Waals surface area (Å²) in [5, 5.41) is 12.9. The Morgan fingerprint density at radius 1 is 1.53 bits per heavy atom. The minimum absolute atomic E-state index is 0. The average Bonchev–Trinajstić information content (AvgIpc) is 2.33. The van der Waals surface area contributed by atoms with Gasteiger partial charge in [-0.25, -0.2) is 0 Å². The maximum atomic E-state index is 9.59. The fourth-order valence-corrected chi connectivity index (χ4v) is 1.80. The van der Waals surface area contributed by atoms with E-state index in [4.69, 9.17) is 9.47 Å². The van der Waals surface area contributed by atoms with Gasteiger partial charge in [-0.3, -0.25) is 0 Å². The Bertz CT molecular complexity index is 354. The van der Waals surface area contributed by atoms with Crippen molar-refractivity contribution < 1.29 is 14.6 Å². The summed E-state index contributed by atoms with van der Waals surface area (Å²) in [5.74, 6) is 0.717. The van der Waals surface area contributed by atoms with Crippen molar-refractivity contribution in [3.63, 3.8) is 0 Å². The van der Waals surface area contributed by atoms with Gasteiger partial charge in [-0.1, -0.05) is 6.07 Å². The SMILES string of the molecule is CCOc1cc([C@H]2COCCN2)ccc1O.Cl. The van der Waals surface area contributed by atoms with Crippen LogP contribution in [0.1, 0.15) is 18.5 Å². The number of halogens is 1. The second-order valence-electron chi connectivity index (χ2n) is 3.74. The smallest absolute Gasteiger partial charge is 0.161 e. The van der Waals surface area contributed by atoms with Crippen molar-refractivity contribution in [3.8, 4) is 11.5 Å². The topological polar surface area (TPSA) is 50.7 Å². The second-order valence-corrected chi connectivity index (χ2v) is 3.74. The Kier molecular flexibility index (Phi) is 5.55. The molecule has 1 heterocycles. The minimum Gasteiger partial charge on any atom is -0.504 e. The van der Waals surface area contributed by atoms with E-state index < -0.39 is 0 Å². The lowest BCUT2D eigenvalue weighted by molar-refractivity contribution is 0.0768. The molecule has 17 heavy (non-hydrogen) atoms. The molecule has 1 aromatic rings. The van der Waals surface area contributed by atoms with Gasteiger partial charge < -0.3 is 19.9 Å². The Hall–Kier alpha value is -0.970. The van der Waals surface area contributed by atoms with Gasteiger partial charge in [0.2, 0.25) is 0 Å². The Morgan fingerprint density at radius 2 is 2.35 bits per heavy atom. The van der Waals surface area contributed by atoms with Crippen LogP contribution in [-0.4, -0.2) is 31.5 Å². The standard InChI is InChI=1S/C12H17NO3.ClH/c1-2-16-12-7-9(3-4-11(12)14)10-8-15-6-5-13-10;/h3-4,7,10,13-14H,2,5-6,8H2,1H3;1H/t10-;/m1./s1. The molecule has 0 aliphatic carbocycles. The molecule has 1 saturated heterocycles. The number of hydrogen-bond donors (Lipinski definition) is 2. The van der Waals surface area contributed by atoms with Gasteiger partial charge >= 0.3 is 0 Å². The predicted molar refractivity (Wildman–Crippen MR) is 68.1 cm³/mol. The van der Waals surface area contributed by atoms with E-state index in [9.17, 15) is 5.11 Å². The van der Waals surface area contributed by atoms with Gasteiger partial charge in [0.1, 0.15) is 0 Å². The summed E-state index contributed by atoms with van der Waals surface area (Å²) in [4.78, 5) is 0. The number of phenols is 1. The number of morpholine rings is 1. The van der Waals surface area contributed by atoms with Crippen LogP contribution < -0.4 is 10.1 Å². The van der Waals surface area contributed by atoms with E-state index in [0.29, 0.717) is 19.0 Å². The first-order chi connectivity index (χ1) is 7.81. The van der Waals surface area contributed by atoms with Gasteiger partial charge in [0.25, 0.3) is 0 Å². The molecule has 1 aliphatic rings. The number of nitrogens with one attached hydrogen (secondary N) is 1. The lowest BCUT2D eigenvalue weighted by Crippen LogP contribution is -2.34. The van der Waals surface area contributed by atoms with E-state index in [0.717, 1.165) is 18.7 Å². The second kappa shape index (κ2) is 6.69. The van der Waals surface area contributed by atoms with E-state index >= 15 is 0 Å². The Labute approximate surface area is 107 Å². The van der Waals surface area contributed by atoms with Crippen LogP contribution in [0.15, 0.2) is 18.2 Å². The first-order valence-electron chi connectivity index (χ1n) is 5.58. The molecule has 5 heteroatoms. The monoisotopic (exact) mass is 259 g/mol. The molecule has 0 saturated carbocycles. The maximum absolute atomic E-state index is 9.59. The Morgan fingerprint density at radius 3 is 3.00 bits per heavy atom. The number of benzene rings is 1. The number of phenolic OH excluding ortho intramolecular Hbond substituents is 1. The highest BCUT2D eigenvalue weighted by molar-refractivity contribution is 5.85. The van der Waals surface area contributed by atoms with Crippen LogP contribution in [0.2, 0.25) is 0 Å². The number of rotatable bonds is 3. The van der Waals surface area contributed by atoms with Crippen LogP contribution in [0.5, 0.6) is 11.5 Å². The summed E-state index contributed by atoms with van der Waals surface area (Å²) >= 11 is 0. The van der Waals surface area contributed by atoms with E-state index in [1.165, 1.54) is 0 Å². The molecule has 0 unspecified atom stereocenters. The van der Waals surface area contributed by atoms with Crippen molar-refractivity contribution in [2.45, 2.75) is 13.0 Å². The van der Waals surface area contributed by atoms with Gasteiger partial charge in [-0.15, -0.1) is 12.4 Å². The third-order valence-electron chi connectivity index (χ3n) is 2.61. The largest absolute Gasteiger partial charge is 0.504 e. The highest BCUT2D eigenvalue weighted by Crippen LogP contribution is 2.29. The van der Waals surface area contributed by atoms with Crippen LogP contribution >= 0.6 is 12.4 Å². The molecule has 1 aliphatic heterocycles. The van der Waals surface area contributed by atoms with Gasteiger partial charge in [-0.05, 0) is 24.6 Å². The summed E-state index contributed by atoms with van der Waals surface area (Å²) in [6, 6.07) is 5.61. The van der Waals surface area contributed by atoms with E-state index in [-0.39, 0.29) is 24.2 Å². The molecule has 4 nitrogen and oxygen atoms in total. The number of hydrogen-bond acceptors (Lipinski definition) is 4. The molecule has 2 rings (SSSR count). The number of aromatic hydroxyl groups is 1. The van der Waals surface area contributed by atoms with E-state index in [1.54, 1.807) is 6.07 Å². The molecule has 0 radical (unpaired) electrons. The first kappa shape index (κ1) is 14.1. The van der Waals surface area contributed by atoms with Crippen molar-refractivity contribution >= 4 is 12.4 Å². The van der Waals surface area contributed by atoms with Crippen LogP contribution in [0.3, 0.4) is 0 Å². The molecule has 0 spiro atoms. The van der Waals surface area contributed by atoms with E-state index in [2.05, 4.69) is 5.32 Å². The zero-order valence-corrected chi connectivity index (χ0v) is 10.6. The zero-order chi connectivity index (χ0) is 11.4. The van der Waals surface area contributed by atoms with Crippen molar-refractivity contribution in [2.75, 3.05) is 26.4 Å². The minimum atomic E-state index is 0. The zero-order valence-electron chi connectivity index (χ0n) is 9.81.